The zero-order valence-electron chi connectivity index (χ0n) is 8.12. The molecule has 0 N–H and O–H groups in total. The molecule has 0 aliphatic carbocycles. The molecule has 2 aliphatic heterocycles. The van der Waals surface area contributed by atoms with Gasteiger partial charge in [0.15, 0.2) is 0 Å². The summed E-state index contributed by atoms with van der Waals surface area (Å²) in [6.45, 7) is 4.79. The molecule has 2 rings (SSSR count). The second kappa shape index (κ2) is 3.59. The number of likely N-dealkylation sites (tertiary alicyclic amines) is 1. The number of thioether (sulfide) groups is 1. The van der Waals surface area contributed by atoms with E-state index in [1.165, 1.54) is 30.8 Å². The maximum atomic E-state index is 2.76. The lowest BCUT2D eigenvalue weighted by Crippen LogP contribution is -2.41. The van der Waals surface area contributed by atoms with Crippen LogP contribution in [0.3, 0.4) is 0 Å². The summed E-state index contributed by atoms with van der Waals surface area (Å²) in [5.41, 5.74) is 0. The van der Waals surface area contributed by atoms with Crippen molar-refractivity contribution in [2.75, 3.05) is 11.5 Å². The molecule has 0 bridgehead atoms. The first kappa shape index (κ1) is 8.89. The highest BCUT2D eigenvalue weighted by molar-refractivity contribution is 7.99. The molecule has 0 radical (unpaired) electrons. The molecule has 0 aromatic rings. The van der Waals surface area contributed by atoms with Crippen molar-refractivity contribution < 1.29 is 0 Å². The van der Waals surface area contributed by atoms with Crippen LogP contribution in [0.1, 0.15) is 33.1 Å². The van der Waals surface area contributed by atoms with Gasteiger partial charge in [-0.3, -0.25) is 4.90 Å². The molecule has 2 aliphatic rings. The third-order valence-electron chi connectivity index (χ3n) is 3.35. The third kappa shape index (κ3) is 1.51. The minimum absolute atomic E-state index is 0.851. The van der Waals surface area contributed by atoms with E-state index >= 15 is 0 Å². The summed E-state index contributed by atoms with van der Waals surface area (Å²) < 4.78 is 0. The van der Waals surface area contributed by atoms with Crippen molar-refractivity contribution in [1.29, 1.82) is 0 Å². The van der Waals surface area contributed by atoms with Gasteiger partial charge in [-0.1, -0.05) is 0 Å². The Bertz CT molecular complexity index is 144. The molecule has 3 atom stereocenters. The fourth-order valence-corrected chi connectivity index (χ4v) is 3.91. The van der Waals surface area contributed by atoms with Gasteiger partial charge in [0, 0.05) is 23.9 Å². The zero-order valence-corrected chi connectivity index (χ0v) is 8.94. The van der Waals surface area contributed by atoms with Crippen LogP contribution >= 0.6 is 11.8 Å². The molecule has 3 unspecified atom stereocenters. The molecule has 0 aromatic heterocycles. The minimum atomic E-state index is 0.851. The molecule has 2 heteroatoms. The van der Waals surface area contributed by atoms with Crippen LogP contribution in [0.4, 0.5) is 0 Å². The normalized spacial score (nSPS) is 44.0. The predicted octanol–water partition coefficient (Wildman–Crippen LogP) is 2.36. The van der Waals surface area contributed by atoms with E-state index in [-0.39, 0.29) is 0 Å². The van der Waals surface area contributed by atoms with E-state index in [9.17, 15) is 0 Å². The summed E-state index contributed by atoms with van der Waals surface area (Å²) in [5.74, 6) is 2.77. The lowest BCUT2D eigenvalue weighted by molar-refractivity contribution is 0.159. The number of hydrogen-bond donors (Lipinski definition) is 0. The minimum Gasteiger partial charge on any atom is -0.294 e. The second-order valence-electron chi connectivity index (χ2n) is 4.24. The molecule has 70 valence electrons. The van der Waals surface area contributed by atoms with Crippen LogP contribution < -0.4 is 0 Å². The Kier molecular flexibility index (Phi) is 2.66. The summed E-state index contributed by atoms with van der Waals surface area (Å²) in [4.78, 5) is 2.76. The van der Waals surface area contributed by atoms with Crippen LogP contribution in [0.5, 0.6) is 0 Å². The molecular formula is C10H19NS. The molecule has 2 heterocycles. The molecule has 0 spiro atoms. The average molecular weight is 185 g/mol. The standard InChI is InChI=1S/C10H19NS/c1-8-3-4-9(2)11(8)10-5-6-12-7-10/h8-10H,3-7H2,1-2H3. The van der Waals surface area contributed by atoms with E-state index in [1.807, 2.05) is 0 Å². The molecule has 0 saturated carbocycles. The van der Waals surface area contributed by atoms with Gasteiger partial charge in [0.25, 0.3) is 0 Å². The molecule has 2 saturated heterocycles. The SMILES string of the molecule is CC1CCC(C)N1C1CCSC1. The van der Waals surface area contributed by atoms with Gasteiger partial charge in [-0.05, 0) is 38.9 Å². The van der Waals surface area contributed by atoms with Crippen LogP contribution in [-0.4, -0.2) is 34.5 Å². The highest BCUT2D eigenvalue weighted by Crippen LogP contribution is 2.32. The van der Waals surface area contributed by atoms with E-state index in [0.29, 0.717) is 0 Å². The van der Waals surface area contributed by atoms with Crippen molar-refractivity contribution in [1.82, 2.24) is 4.90 Å². The topological polar surface area (TPSA) is 3.24 Å². The second-order valence-corrected chi connectivity index (χ2v) is 5.39. The van der Waals surface area contributed by atoms with Crippen LogP contribution in [0, 0.1) is 0 Å². The van der Waals surface area contributed by atoms with Crippen LogP contribution in [0.15, 0.2) is 0 Å². The number of rotatable bonds is 1. The Morgan fingerprint density at radius 3 is 2.25 bits per heavy atom. The van der Waals surface area contributed by atoms with Gasteiger partial charge in [0.05, 0.1) is 0 Å². The van der Waals surface area contributed by atoms with Crippen molar-refractivity contribution in [3.05, 3.63) is 0 Å². The van der Waals surface area contributed by atoms with Crippen molar-refractivity contribution >= 4 is 11.8 Å². The van der Waals surface area contributed by atoms with Crippen LogP contribution in [0.2, 0.25) is 0 Å². The fourth-order valence-electron chi connectivity index (χ4n) is 2.69. The van der Waals surface area contributed by atoms with Crippen molar-refractivity contribution in [3.8, 4) is 0 Å². The smallest absolute Gasteiger partial charge is 0.0199 e. The Labute approximate surface area is 79.9 Å². The van der Waals surface area contributed by atoms with Gasteiger partial charge in [0.1, 0.15) is 0 Å². The largest absolute Gasteiger partial charge is 0.294 e. The van der Waals surface area contributed by atoms with Gasteiger partial charge in [-0.2, -0.15) is 11.8 Å². The number of nitrogens with zero attached hydrogens (tertiary/aromatic N) is 1. The van der Waals surface area contributed by atoms with Crippen molar-refractivity contribution in [3.63, 3.8) is 0 Å². The molecule has 2 fully saturated rings. The average Bonchev–Trinajstić information content (AvgIpc) is 2.61. The van der Waals surface area contributed by atoms with Gasteiger partial charge in [-0.25, -0.2) is 0 Å². The highest BCUT2D eigenvalue weighted by atomic mass is 32.2. The first-order valence-corrected chi connectivity index (χ1v) is 6.29. The lowest BCUT2D eigenvalue weighted by Gasteiger charge is -2.31. The van der Waals surface area contributed by atoms with E-state index < -0.39 is 0 Å². The van der Waals surface area contributed by atoms with Crippen LogP contribution in [-0.2, 0) is 0 Å². The highest BCUT2D eigenvalue weighted by Gasteiger charge is 2.34. The fraction of sp³-hybridized carbons (Fsp3) is 1.00. The Balaban J connectivity index is 1.99. The first-order valence-electron chi connectivity index (χ1n) is 5.14. The monoisotopic (exact) mass is 185 g/mol. The van der Waals surface area contributed by atoms with Gasteiger partial charge in [0.2, 0.25) is 0 Å². The maximum absolute atomic E-state index is 2.76. The predicted molar refractivity (Wildman–Crippen MR) is 55.7 cm³/mol. The lowest BCUT2D eigenvalue weighted by atomic mass is 10.2. The van der Waals surface area contributed by atoms with E-state index in [4.69, 9.17) is 0 Å². The molecular weight excluding hydrogens is 166 g/mol. The zero-order chi connectivity index (χ0) is 8.55. The van der Waals surface area contributed by atoms with Gasteiger partial charge < -0.3 is 0 Å². The quantitative estimate of drug-likeness (QED) is 0.617. The summed E-state index contributed by atoms with van der Waals surface area (Å²) in [6.07, 6.45) is 4.27. The summed E-state index contributed by atoms with van der Waals surface area (Å²) in [7, 11) is 0. The van der Waals surface area contributed by atoms with E-state index in [1.54, 1.807) is 0 Å². The summed E-state index contributed by atoms with van der Waals surface area (Å²) in [5, 5.41) is 0. The molecule has 12 heavy (non-hydrogen) atoms. The van der Waals surface area contributed by atoms with Gasteiger partial charge in [-0.15, -0.1) is 0 Å². The summed E-state index contributed by atoms with van der Waals surface area (Å²) in [6, 6.07) is 2.61. The van der Waals surface area contributed by atoms with Crippen molar-refractivity contribution in [2.45, 2.75) is 51.2 Å². The first-order chi connectivity index (χ1) is 5.79. The summed E-state index contributed by atoms with van der Waals surface area (Å²) >= 11 is 2.13. The van der Waals surface area contributed by atoms with Gasteiger partial charge >= 0.3 is 0 Å². The Morgan fingerprint density at radius 2 is 1.75 bits per heavy atom. The Morgan fingerprint density at radius 1 is 1.08 bits per heavy atom. The van der Waals surface area contributed by atoms with E-state index in [0.717, 1.165) is 18.1 Å². The molecule has 1 nitrogen and oxygen atoms in total. The Hall–Kier alpha value is 0.310. The third-order valence-corrected chi connectivity index (χ3v) is 4.49. The molecule has 0 amide bonds. The number of hydrogen-bond acceptors (Lipinski definition) is 2. The van der Waals surface area contributed by atoms with Crippen LogP contribution in [0.25, 0.3) is 0 Å². The van der Waals surface area contributed by atoms with E-state index in [2.05, 4.69) is 30.5 Å². The maximum Gasteiger partial charge on any atom is 0.0199 e. The van der Waals surface area contributed by atoms with Crippen molar-refractivity contribution in [2.24, 2.45) is 0 Å². The molecule has 0 aromatic carbocycles.